The number of hydrogen-bond acceptors (Lipinski definition) is 1. The van der Waals surface area contributed by atoms with Crippen LogP contribution in [0.5, 0.6) is 0 Å². The van der Waals surface area contributed by atoms with Crippen LogP contribution < -0.4 is 22.1 Å². The third-order valence-corrected chi connectivity index (χ3v) is 3.40. The van der Waals surface area contributed by atoms with Gasteiger partial charge in [0.05, 0.1) is 0 Å². The predicted molar refractivity (Wildman–Crippen MR) is 94.1 cm³/mol. The van der Waals surface area contributed by atoms with Gasteiger partial charge in [-0.15, -0.1) is 0 Å². The third-order valence-electron chi connectivity index (χ3n) is 3.40. The van der Waals surface area contributed by atoms with E-state index in [-0.39, 0.29) is 0 Å². The second-order valence-electron chi connectivity index (χ2n) is 4.67. The predicted octanol–water partition coefficient (Wildman–Crippen LogP) is 1.78. The summed E-state index contributed by atoms with van der Waals surface area (Å²) in [7, 11) is 1.50. The van der Waals surface area contributed by atoms with Crippen LogP contribution in [0.25, 0.3) is 0 Å². The van der Waals surface area contributed by atoms with Gasteiger partial charge < -0.3 is 5.73 Å². The Morgan fingerprint density at radius 2 is 0.714 bits per heavy atom. The standard InChI is InChI=1S/C18H15B.CH5N/c1-4-10-16(11-5-1)19(17-12-6-2-7-13-17)18-14-8-3-9-15-18;1-2/h1-15H;2H2,1H3. The van der Waals surface area contributed by atoms with E-state index < -0.39 is 0 Å². The van der Waals surface area contributed by atoms with E-state index in [1.165, 1.54) is 23.4 Å². The Kier molecular flexibility index (Phi) is 5.80. The van der Waals surface area contributed by atoms with Crippen molar-refractivity contribution in [1.82, 2.24) is 0 Å². The van der Waals surface area contributed by atoms with Gasteiger partial charge in [-0.2, -0.15) is 0 Å². The van der Waals surface area contributed by atoms with Gasteiger partial charge in [0.25, 0.3) is 0 Å². The van der Waals surface area contributed by atoms with Crippen molar-refractivity contribution in [3.8, 4) is 0 Å². The van der Waals surface area contributed by atoms with Gasteiger partial charge in [-0.3, -0.25) is 0 Å². The van der Waals surface area contributed by atoms with Crippen LogP contribution in [0.4, 0.5) is 0 Å². The van der Waals surface area contributed by atoms with Gasteiger partial charge in [0.15, 0.2) is 0 Å². The second-order valence-corrected chi connectivity index (χ2v) is 4.67. The average Bonchev–Trinajstić information content (AvgIpc) is 2.60. The molecule has 3 aromatic rings. The van der Waals surface area contributed by atoms with E-state index in [1.54, 1.807) is 0 Å². The molecule has 1 nitrogen and oxygen atoms in total. The monoisotopic (exact) mass is 273 g/mol. The molecule has 0 atom stereocenters. The lowest BCUT2D eigenvalue weighted by molar-refractivity contribution is 1.48. The lowest BCUT2D eigenvalue weighted by Gasteiger charge is -2.15. The Morgan fingerprint density at radius 1 is 0.476 bits per heavy atom. The molecule has 2 N–H and O–H groups in total. The minimum atomic E-state index is 0.309. The summed E-state index contributed by atoms with van der Waals surface area (Å²) in [4.78, 5) is 0. The zero-order chi connectivity index (χ0) is 14.9. The van der Waals surface area contributed by atoms with Gasteiger partial charge in [0.1, 0.15) is 0 Å². The lowest BCUT2D eigenvalue weighted by atomic mass is 9.37. The molecule has 0 bridgehead atoms. The molecular weight excluding hydrogens is 253 g/mol. The van der Waals surface area contributed by atoms with Crippen molar-refractivity contribution in [1.29, 1.82) is 0 Å². The molecule has 0 aromatic heterocycles. The highest BCUT2D eigenvalue weighted by Crippen LogP contribution is 1.95. The summed E-state index contributed by atoms with van der Waals surface area (Å²) in [6.45, 7) is 0.309. The Labute approximate surface area is 127 Å². The summed E-state index contributed by atoms with van der Waals surface area (Å²) in [5, 5.41) is 0. The van der Waals surface area contributed by atoms with Gasteiger partial charge in [0.2, 0.25) is 6.71 Å². The molecule has 0 fully saturated rings. The molecule has 0 amide bonds. The van der Waals surface area contributed by atoms with Crippen LogP contribution in [-0.2, 0) is 0 Å². The van der Waals surface area contributed by atoms with Gasteiger partial charge >= 0.3 is 0 Å². The molecule has 104 valence electrons. The Bertz CT molecular complexity index is 530. The minimum absolute atomic E-state index is 0.309. The van der Waals surface area contributed by atoms with Crippen molar-refractivity contribution in [2.24, 2.45) is 5.73 Å². The fraction of sp³-hybridized carbons (Fsp3) is 0.0526. The van der Waals surface area contributed by atoms with Gasteiger partial charge in [-0.25, -0.2) is 0 Å². The van der Waals surface area contributed by atoms with E-state index in [0.717, 1.165) is 0 Å². The summed E-state index contributed by atoms with van der Waals surface area (Å²) in [5.74, 6) is 0. The summed E-state index contributed by atoms with van der Waals surface area (Å²) in [6, 6.07) is 32.0. The number of hydrogen-bond donors (Lipinski definition) is 1. The van der Waals surface area contributed by atoms with E-state index in [0.29, 0.717) is 6.71 Å². The Balaban J connectivity index is 0.000000774. The number of rotatable bonds is 3. The molecule has 0 aliphatic carbocycles. The van der Waals surface area contributed by atoms with E-state index in [2.05, 4.69) is 96.7 Å². The molecule has 0 aliphatic rings. The SMILES string of the molecule is CN.c1ccc(B(c2ccccc2)c2ccccc2)cc1. The first-order chi connectivity index (χ1) is 10.4. The van der Waals surface area contributed by atoms with Crippen molar-refractivity contribution in [2.75, 3.05) is 7.05 Å². The zero-order valence-electron chi connectivity index (χ0n) is 12.3. The number of benzene rings is 3. The van der Waals surface area contributed by atoms with Crippen LogP contribution >= 0.6 is 0 Å². The van der Waals surface area contributed by atoms with Crippen molar-refractivity contribution >= 4 is 23.1 Å². The van der Waals surface area contributed by atoms with Crippen molar-refractivity contribution in [3.05, 3.63) is 91.0 Å². The minimum Gasteiger partial charge on any atom is -0.333 e. The first kappa shape index (κ1) is 15.1. The molecule has 3 aromatic carbocycles. The number of nitrogens with two attached hydrogens (primary N) is 1. The highest BCUT2D eigenvalue weighted by molar-refractivity contribution is 6.95. The van der Waals surface area contributed by atoms with Crippen molar-refractivity contribution in [2.45, 2.75) is 0 Å². The summed E-state index contributed by atoms with van der Waals surface area (Å²) in [5.41, 5.74) is 8.50. The fourth-order valence-corrected chi connectivity index (χ4v) is 2.51. The van der Waals surface area contributed by atoms with E-state index >= 15 is 0 Å². The first-order valence-corrected chi connectivity index (χ1v) is 7.18. The van der Waals surface area contributed by atoms with Gasteiger partial charge in [-0.1, -0.05) is 107 Å². The zero-order valence-corrected chi connectivity index (χ0v) is 12.3. The highest BCUT2D eigenvalue weighted by Gasteiger charge is 2.20. The van der Waals surface area contributed by atoms with Crippen LogP contribution in [0, 0.1) is 0 Å². The molecule has 3 rings (SSSR count). The van der Waals surface area contributed by atoms with Crippen LogP contribution in [0.2, 0.25) is 0 Å². The first-order valence-electron chi connectivity index (χ1n) is 7.18. The molecule has 0 heterocycles. The summed E-state index contributed by atoms with van der Waals surface area (Å²) >= 11 is 0. The highest BCUT2D eigenvalue weighted by atomic mass is 14.4. The normalized spacial score (nSPS) is 9.43. The second kappa shape index (κ2) is 8.08. The molecule has 0 radical (unpaired) electrons. The molecule has 0 unspecified atom stereocenters. The molecule has 21 heavy (non-hydrogen) atoms. The van der Waals surface area contributed by atoms with Gasteiger partial charge in [0, 0.05) is 0 Å². The summed E-state index contributed by atoms with van der Waals surface area (Å²) < 4.78 is 0. The van der Waals surface area contributed by atoms with Crippen molar-refractivity contribution < 1.29 is 0 Å². The van der Waals surface area contributed by atoms with E-state index in [9.17, 15) is 0 Å². The maximum absolute atomic E-state index is 4.50. The fourth-order valence-electron chi connectivity index (χ4n) is 2.51. The smallest absolute Gasteiger partial charge is 0.241 e. The van der Waals surface area contributed by atoms with Crippen molar-refractivity contribution in [3.63, 3.8) is 0 Å². The molecule has 0 spiro atoms. The van der Waals surface area contributed by atoms with E-state index in [4.69, 9.17) is 0 Å². The van der Waals surface area contributed by atoms with Gasteiger partial charge in [-0.05, 0) is 7.05 Å². The molecule has 0 saturated carbocycles. The van der Waals surface area contributed by atoms with Crippen LogP contribution in [0.3, 0.4) is 0 Å². The Hall–Kier alpha value is -2.32. The molecule has 0 saturated heterocycles. The van der Waals surface area contributed by atoms with Crippen LogP contribution in [0.15, 0.2) is 91.0 Å². The molecule has 0 aliphatic heterocycles. The summed E-state index contributed by atoms with van der Waals surface area (Å²) in [6.07, 6.45) is 0. The largest absolute Gasteiger partial charge is 0.333 e. The Morgan fingerprint density at radius 3 is 0.952 bits per heavy atom. The third kappa shape index (κ3) is 3.83. The van der Waals surface area contributed by atoms with Crippen LogP contribution in [0.1, 0.15) is 0 Å². The quantitative estimate of drug-likeness (QED) is 0.723. The van der Waals surface area contributed by atoms with E-state index in [1.807, 2.05) is 0 Å². The molecular formula is C19H20BN. The molecule has 2 heteroatoms. The lowest BCUT2D eigenvalue weighted by Crippen LogP contribution is -2.51. The average molecular weight is 273 g/mol. The maximum atomic E-state index is 4.50. The maximum Gasteiger partial charge on any atom is 0.241 e. The topological polar surface area (TPSA) is 26.0 Å². The van der Waals surface area contributed by atoms with Crippen LogP contribution in [-0.4, -0.2) is 13.8 Å².